The molecule has 1 heterocycles. The number of amidine groups is 1. The van der Waals surface area contributed by atoms with E-state index < -0.39 is 6.03 Å². The summed E-state index contributed by atoms with van der Waals surface area (Å²) in [5.41, 5.74) is 17.2. The Hall–Kier alpha value is -4.52. The van der Waals surface area contributed by atoms with Gasteiger partial charge in [0, 0.05) is 23.5 Å². The van der Waals surface area contributed by atoms with Crippen LogP contribution in [-0.4, -0.2) is 21.4 Å². The number of carbonyl (C=O) groups is 1. The van der Waals surface area contributed by atoms with E-state index in [9.17, 15) is 9.59 Å². The fraction of sp³-hybridized carbons (Fsp3) is 0.250. The van der Waals surface area contributed by atoms with Crippen molar-refractivity contribution in [2.24, 2.45) is 16.5 Å². The number of amides is 2. The normalized spacial score (nSPS) is 13.4. The van der Waals surface area contributed by atoms with Crippen molar-refractivity contribution in [3.8, 4) is 16.8 Å². The largest absolute Gasteiger partial charge is 0.383 e. The number of nitrogens with zero attached hydrogens (tertiary/aromatic N) is 3. The van der Waals surface area contributed by atoms with Crippen LogP contribution in [0.15, 0.2) is 88.6 Å². The maximum atomic E-state index is 14.1. The van der Waals surface area contributed by atoms with Crippen molar-refractivity contribution < 1.29 is 4.79 Å². The Morgan fingerprint density at radius 2 is 1.67 bits per heavy atom. The molecule has 198 valence electrons. The lowest BCUT2D eigenvalue weighted by atomic mass is 9.96. The van der Waals surface area contributed by atoms with E-state index in [1.165, 1.54) is 0 Å². The Balaban J connectivity index is 1.53. The van der Waals surface area contributed by atoms with Crippen LogP contribution in [0, 0.1) is 0 Å². The minimum absolute atomic E-state index is 0.0223. The van der Waals surface area contributed by atoms with E-state index >= 15 is 0 Å². The van der Waals surface area contributed by atoms with E-state index in [0.29, 0.717) is 17.9 Å². The summed E-state index contributed by atoms with van der Waals surface area (Å²) in [5.74, 6) is 1.31. The number of unbranched alkanes of at least 4 members (excludes halogenated alkanes) is 1. The van der Waals surface area contributed by atoms with Gasteiger partial charge in [0.2, 0.25) is 0 Å². The Morgan fingerprint density at radius 3 is 2.33 bits per heavy atom. The zero-order chi connectivity index (χ0) is 27.4. The maximum Gasteiger partial charge on any atom is 0.340 e. The number of primary amides is 1. The van der Waals surface area contributed by atoms with Gasteiger partial charge in [-0.25, -0.2) is 9.78 Å². The van der Waals surface area contributed by atoms with Crippen molar-refractivity contribution in [2.45, 2.75) is 51.4 Å². The molecular formula is C32H33N5O2. The first-order valence-electron chi connectivity index (χ1n) is 13.5. The third-order valence-corrected chi connectivity index (χ3v) is 7.09. The molecule has 0 spiro atoms. The number of carbonyl (C=O) groups excluding carboxylic acids is 1. The predicted molar refractivity (Wildman–Crippen MR) is 155 cm³/mol. The first-order valence-corrected chi connectivity index (χ1v) is 13.5. The summed E-state index contributed by atoms with van der Waals surface area (Å²) in [4.78, 5) is 34.2. The van der Waals surface area contributed by atoms with Gasteiger partial charge in [0.1, 0.15) is 11.7 Å². The lowest BCUT2D eigenvalue weighted by molar-refractivity contribution is 0.256. The molecule has 4 aromatic rings. The molecule has 39 heavy (non-hydrogen) atoms. The number of aryl methyl sites for hydroxylation is 1. The lowest BCUT2D eigenvalue weighted by Crippen LogP contribution is -2.29. The van der Waals surface area contributed by atoms with Gasteiger partial charge in [0.25, 0.3) is 5.56 Å². The van der Waals surface area contributed by atoms with Crippen LogP contribution in [0.4, 0.5) is 4.79 Å². The molecule has 4 N–H and O–H groups in total. The minimum Gasteiger partial charge on any atom is -0.383 e. The number of aromatic nitrogens is 2. The molecular weight excluding hydrogens is 486 g/mol. The summed E-state index contributed by atoms with van der Waals surface area (Å²) in [7, 11) is 0. The number of aliphatic imine (C=N–C) groups is 1. The van der Waals surface area contributed by atoms with Crippen molar-refractivity contribution >= 4 is 11.9 Å². The van der Waals surface area contributed by atoms with Gasteiger partial charge in [-0.15, -0.1) is 0 Å². The van der Waals surface area contributed by atoms with Crippen molar-refractivity contribution in [2.75, 3.05) is 0 Å². The summed E-state index contributed by atoms with van der Waals surface area (Å²) < 4.78 is 1.83. The second-order valence-electron chi connectivity index (χ2n) is 10.0. The predicted octanol–water partition coefficient (Wildman–Crippen LogP) is 5.49. The van der Waals surface area contributed by atoms with Crippen LogP contribution < -0.4 is 17.0 Å². The highest BCUT2D eigenvalue weighted by molar-refractivity contribution is 6.07. The molecule has 1 aromatic heterocycles. The van der Waals surface area contributed by atoms with Crippen molar-refractivity contribution in [1.82, 2.24) is 9.55 Å². The fourth-order valence-electron chi connectivity index (χ4n) is 4.93. The molecule has 0 bridgehead atoms. The minimum atomic E-state index is -0.834. The van der Waals surface area contributed by atoms with Crippen LogP contribution in [0.3, 0.4) is 0 Å². The van der Waals surface area contributed by atoms with Gasteiger partial charge in [-0.2, -0.15) is 4.99 Å². The van der Waals surface area contributed by atoms with Gasteiger partial charge in [-0.05, 0) is 54.5 Å². The van der Waals surface area contributed by atoms with Gasteiger partial charge in [0.15, 0.2) is 0 Å². The third-order valence-electron chi connectivity index (χ3n) is 7.09. The maximum absolute atomic E-state index is 14.1. The summed E-state index contributed by atoms with van der Waals surface area (Å²) in [6, 6.07) is 24.5. The summed E-state index contributed by atoms with van der Waals surface area (Å²) in [6.07, 6.45) is 5.46. The van der Waals surface area contributed by atoms with E-state index in [1.54, 1.807) is 0 Å². The highest BCUT2D eigenvalue weighted by Crippen LogP contribution is 2.39. The average Bonchev–Trinajstić information content (AvgIpc) is 3.79. The van der Waals surface area contributed by atoms with Crippen LogP contribution in [0.1, 0.15) is 66.7 Å². The van der Waals surface area contributed by atoms with Gasteiger partial charge >= 0.3 is 6.03 Å². The highest BCUT2D eigenvalue weighted by Gasteiger charge is 2.31. The molecule has 7 nitrogen and oxygen atoms in total. The number of hydrogen-bond donors (Lipinski definition) is 2. The number of nitrogens with two attached hydrogens (primary N) is 2. The lowest BCUT2D eigenvalue weighted by Gasteiger charge is -2.17. The van der Waals surface area contributed by atoms with Crippen LogP contribution >= 0.6 is 0 Å². The van der Waals surface area contributed by atoms with Gasteiger partial charge in [0.05, 0.1) is 11.4 Å². The van der Waals surface area contributed by atoms with Crippen LogP contribution in [0.5, 0.6) is 0 Å². The van der Waals surface area contributed by atoms with Crippen molar-refractivity contribution in [3.63, 3.8) is 0 Å². The standard InChI is InChI=1S/C32H33N5O2/c1-2-3-13-28-27(31(38)37(24-9-5-4-6-10-24)30(35-28)23-18-19-23)20-21-14-16-22(17-15-21)25-11-7-8-12-26(25)29(33)36-32(34)39/h4-12,14-17,23H,2-3,13,18-20H2,1H3,(H4,33,34,36,39). The molecule has 7 heteroatoms. The second kappa shape index (κ2) is 11.5. The van der Waals surface area contributed by atoms with Crippen molar-refractivity contribution in [3.05, 3.63) is 117 Å². The molecule has 1 fully saturated rings. The van der Waals surface area contributed by atoms with E-state index in [1.807, 2.05) is 83.4 Å². The van der Waals surface area contributed by atoms with E-state index in [4.69, 9.17) is 16.5 Å². The van der Waals surface area contributed by atoms with Crippen LogP contribution in [-0.2, 0) is 12.8 Å². The number of para-hydroxylation sites is 1. The van der Waals surface area contributed by atoms with Gasteiger partial charge in [-0.3, -0.25) is 9.36 Å². The Bertz CT molecular complexity index is 1570. The van der Waals surface area contributed by atoms with Crippen molar-refractivity contribution in [1.29, 1.82) is 0 Å². The Labute approximate surface area is 228 Å². The topological polar surface area (TPSA) is 116 Å². The zero-order valence-electron chi connectivity index (χ0n) is 22.1. The van der Waals surface area contributed by atoms with Crippen LogP contribution in [0.25, 0.3) is 16.8 Å². The summed E-state index contributed by atoms with van der Waals surface area (Å²) in [6.45, 7) is 2.16. The molecule has 2 amide bonds. The Kier molecular flexibility index (Phi) is 7.68. The monoisotopic (exact) mass is 519 g/mol. The van der Waals surface area contributed by atoms with Gasteiger partial charge < -0.3 is 11.5 Å². The van der Waals surface area contributed by atoms with E-state index in [-0.39, 0.29) is 11.4 Å². The molecule has 1 saturated carbocycles. The number of urea groups is 1. The summed E-state index contributed by atoms with van der Waals surface area (Å²) >= 11 is 0. The summed E-state index contributed by atoms with van der Waals surface area (Å²) in [5, 5.41) is 0. The van der Waals surface area contributed by atoms with Gasteiger partial charge in [-0.1, -0.05) is 80.1 Å². The molecule has 0 saturated heterocycles. The molecule has 1 aliphatic carbocycles. The van der Waals surface area contributed by atoms with E-state index in [2.05, 4.69) is 11.9 Å². The first-order chi connectivity index (χ1) is 19.0. The SMILES string of the molecule is CCCCc1nc(C2CC2)n(-c2ccccc2)c(=O)c1Cc1ccc(-c2ccccc2C(N)=NC(N)=O)cc1. The molecule has 0 aliphatic heterocycles. The van der Waals surface area contributed by atoms with Crippen LogP contribution in [0.2, 0.25) is 0 Å². The molecule has 5 rings (SSSR count). The molecule has 0 atom stereocenters. The highest BCUT2D eigenvalue weighted by atomic mass is 16.2. The second-order valence-corrected chi connectivity index (χ2v) is 10.0. The number of hydrogen-bond acceptors (Lipinski definition) is 3. The molecule has 1 aliphatic rings. The average molecular weight is 520 g/mol. The zero-order valence-corrected chi connectivity index (χ0v) is 22.1. The molecule has 3 aromatic carbocycles. The first kappa shape index (κ1) is 26.1. The number of benzene rings is 3. The Morgan fingerprint density at radius 1 is 0.974 bits per heavy atom. The molecule has 0 unspecified atom stereocenters. The third kappa shape index (κ3) is 5.82. The quantitative estimate of drug-likeness (QED) is 0.224. The van der Waals surface area contributed by atoms with E-state index in [0.717, 1.165) is 71.6 Å². The fourth-order valence-corrected chi connectivity index (χ4v) is 4.93. The number of rotatable bonds is 9. The smallest absolute Gasteiger partial charge is 0.340 e. The molecule has 0 radical (unpaired) electrons.